The Labute approximate surface area is 264 Å². The van der Waals surface area contributed by atoms with Crippen molar-refractivity contribution in [1.29, 1.82) is 0 Å². The van der Waals surface area contributed by atoms with Gasteiger partial charge in [0.05, 0.1) is 152 Å². The summed E-state index contributed by atoms with van der Waals surface area (Å²) in [6, 6.07) is 6.40. The molecule has 0 heterocycles. The fourth-order valence-electron chi connectivity index (χ4n) is 3.48. The standard InChI is InChI=1S/C32H58O12/c1-30-4-5-31(2)32(28-30)29-44-27-26-43-25-24-42-23-22-41-21-20-40-19-18-39-17-16-38-15-14-37-13-12-36-11-10-35-9-8-34-7-6-33-3/h4-5,28H,6-27,29H2,1-3H3. The van der Waals surface area contributed by atoms with E-state index in [1.54, 1.807) is 7.11 Å². The molecular formula is C32H58O12. The van der Waals surface area contributed by atoms with Gasteiger partial charge in [-0.3, -0.25) is 0 Å². The van der Waals surface area contributed by atoms with Crippen molar-refractivity contribution in [2.75, 3.05) is 152 Å². The van der Waals surface area contributed by atoms with E-state index in [2.05, 4.69) is 32.0 Å². The minimum Gasteiger partial charge on any atom is -0.382 e. The summed E-state index contributed by atoms with van der Waals surface area (Å²) in [7, 11) is 1.65. The average molecular weight is 635 g/mol. The van der Waals surface area contributed by atoms with E-state index in [0.717, 1.165) is 0 Å². The van der Waals surface area contributed by atoms with Crippen LogP contribution in [0.15, 0.2) is 18.2 Å². The van der Waals surface area contributed by atoms with Crippen LogP contribution in [0.1, 0.15) is 16.7 Å². The molecule has 0 spiro atoms. The molecule has 12 nitrogen and oxygen atoms in total. The molecule has 0 bridgehead atoms. The predicted octanol–water partition coefficient (Wildman–Crippen LogP) is 2.63. The summed E-state index contributed by atoms with van der Waals surface area (Å²) in [5.74, 6) is 0. The van der Waals surface area contributed by atoms with Gasteiger partial charge in [0.15, 0.2) is 0 Å². The maximum absolute atomic E-state index is 5.70. The van der Waals surface area contributed by atoms with Crippen LogP contribution in [0.4, 0.5) is 0 Å². The van der Waals surface area contributed by atoms with Crippen molar-refractivity contribution in [2.45, 2.75) is 20.5 Å². The fraction of sp³-hybridized carbons (Fsp3) is 0.812. The van der Waals surface area contributed by atoms with Crippen molar-refractivity contribution in [3.8, 4) is 0 Å². The Morgan fingerprint density at radius 1 is 0.364 bits per heavy atom. The van der Waals surface area contributed by atoms with Crippen LogP contribution in [-0.2, 0) is 63.4 Å². The molecule has 0 atom stereocenters. The Morgan fingerprint density at radius 3 is 0.932 bits per heavy atom. The third-order valence-electron chi connectivity index (χ3n) is 5.91. The molecule has 1 rings (SSSR count). The fourth-order valence-corrected chi connectivity index (χ4v) is 3.48. The quantitative estimate of drug-likeness (QED) is 0.102. The largest absolute Gasteiger partial charge is 0.382 e. The van der Waals surface area contributed by atoms with Crippen molar-refractivity contribution in [2.24, 2.45) is 0 Å². The van der Waals surface area contributed by atoms with Gasteiger partial charge in [-0.2, -0.15) is 0 Å². The van der Waals surface area contributed by atoms with Gasteiger partial charge >= 0.3 is 0 Å². The molecule has 0 aliphatic heterocycles. The lowest BCUT2D eigenvalue weighted by molar-refractivity contribution is -0.0282. The maximum Gasteiger partial charge on any atom is 0.0720 e. The van der Waals surface area contributed by atoms with Crippen LogP contribution in [-0.4, -0.2) is 152 Å². The van der Waals surface area contributed by atoms with Gasteiger partial charge in [-0.05, 0) is 25.0 Å². The molecule has 1 aromatic carbocycles. The Kier molecular flexibility index (Phi) is 30.7. The lowest BCUT2D eigenvalue weighted by atomic mass is 10.1. The predicted molar refractivity (Wildman–Crippen MR) is 166 cm³/mol. The topological polar surface area (TPSA) is 111 Å². The second kappa shape index (κ2) is 33.1. The van der Waals surface area contributed by atoms with Crippen molar-refractivity contribution in [3.05, 3.63) is 34.9 Å². The summed E-state index contributed by atoms with van der Waals surface area (Å²) in [4.78, 5) is 0. The minimum atomic E-state index is 0.515. The van der Waals surface area contributed by atoms with Gasteiger partial charge in [0.1, 0.15) is 0 Å². The Bertz CT molecular complexity index is 724. The van der Waals surface area contributed by atoms with Crippen LogP contribution < -0.4 is 0 Å². The van der Waals surface area contributed by atoms with Gasteiger partial charge in [-0.15, -0.1) is 0 Å². The van der Waals surface area contributed by atoms with Gasteiger partial charge in [0.25, 0.3) is 0 Å². The zero-order valence-corrected chi connectivity index (χ0v) is 27.4. The first-order valence-corrected chi connectivity index (χ1v) is 15.6. The maximum atomic E-state index is 5.70. The number of rotatable bonds is 35. The van der Waals surface area contributed by atoms with E-state index < -0.39 is 0 Å². The van der Waals surface area contributed by atoms with Crippen LogP contribution in [0.25, 0.3) is 0 Å². The molecule has 0 aromatic heterocycles. The Morgan fingerprint density at radius 2 is 0.636 bits per heavy atom. The second-order valence-corrected chi connectivity index (χ2v) is 9.60. The molecule has 1 aromatic rings. The van der Waals surface area contributed by atoms with Crippen molar-refractivity contribution in [1.82, 2.24) is 0 Å². The van der Waals surface area contributed by atoms with Crippen molar-refractivity contribution in [3.63, 3.8) is 0 Å². The first-order chi connectivity index (χ1) is 21.7. The van der Waals surface area contributed by atoms with E-state index in [9.17, 15) is 0 Å². The minimum absolute atomic E-state index is 0.515. The molecule has 0 amide bonds. The third kappa shape index (κ3) is 28.2. The smallest absolute Gasteiger partial charge is 0.0720 e. The van der Waals surface area contributed by atoms with E-state index in [1.807, 2.05) is 0 Å². The average Bonchev–Trinajstić information content (AvgIpc) is 3.02. The Balaban J connectivity index is 1.65. The van der Waals surface area contributed by atoms with E-state index >= 15 is 0 Å². The summed E-state index contributed by atoms with van der Waals surface area (Å²) in [5.41, 5.74) is 3.72. The lowest BCUT2D eigenvalue weighted by Crippen LogP contribution is -2.15. The number of aryl methyl sites for hydroxylation is 2. The van der Waals surface area contributed by atoms with E-state index in [1.165, 1.54) is 16.7 Å². The molecule has 258 valence electrons. The highest BCUT2D eigenvalue weighted by molar-refractivity contribution is 5.29. The highest BCUT2D eigenvalue weighted by Gasteiger charge is 2.00. The normalized spacial score (nSPS) is 11.5. The summed E-state index contributed by atoms with van der Waals surface area (Å²) in [5, 5.41) is 0. The highest BCUT2D eigenvalue weighted by atomic mass is 16.6. The van der Waals surface area contributed by atoms with Gasteiger partial charge < -0.3 is 56.8 Å². The molecule has 0 N–H and O–H groups in total. The molecule has 0 radical (unpaired) electrons. The van der Waals surface area contributed by atoms with Gasteiger partial charge in [-0.1, -0.05) is 23.8 Å². The van der Waals surface area contributed by atoms with Crippen LogP contribution in [0, 0.1) is 13.8 Å². The molecule has 0 saturated heterocycles. The monoisotopic (exact) mass is 634 g/mol. The number of benzene rings is 1. The van der Waals surface area contributed by atoms with Crippen LogP contribution in [0.2, 0.25) is 0 Å². The van der Waals surface area contributed by atoms with Crippen molar-refractivity contribution < 1.29 is 56.8 Å². The highest BCUT2D eigenvalue weighted by Crippen LogP contribution is 2.11. The number of hydrogen-bond acceptors (Lipinski definition) is 12. The molecule has 44 heavy (non-hydrogen) atoms. The van der Waals surface area contributed by atoms with Gasteiger partial charge in [-0.25, -0.2) is 0 Å². The summed E-state index contributed by atoms with van der Waals surface area (Å²) >= 11 is 0. The molecule has 0 aliphatic rings. The Hall–Kier alpha value is -1.26. The zero-order chi connectivity index (χ0) is 31.6. The van der Waals surface area contributed by atoms with E-state index in [4.69, 9.17) is 56.8 Å². The molecular weight excluding hydrogens is 576 g/mol. The second-order valence-electron chi connectivity index (χ2n) is 9.60. The number of methoxy groups -OCH3 is 1. The first-order valence-electron chi connectivity index (χ1n) is 15.6. The van der Waals surface area contributed by atoms with Crippen LogP contribution in [0.5, 0.6) is 0 Å². The molecule has 0 unspecified atom stereocenters. The SMILES string of the molecule is COCCOCCOCCOCCOCCOCCOCCOCCOCCOCCOCCOCc1cc(C)ccc1C. The summed E-state index contributed by atoms with van der Waals surface area (Å²) < 4.78 is 65.2. The number of hydrogen-bond donors (Lipinski definition) is 0. The van der Waals surface area contributed by atoms with Crippen LogP contribution in [0.3, 0.4) is 0 Å². The summed E-state index contributed by atoms with van der Waals surface area (Å²) in [6.45, 7) is 16.6. The van der Waals surface area contributed by atoms with E-state index in [-0.39, 0.29) is 0 Å². The lowest BCUT2D eigenvalue weighted by Gasteiger charge is -2.09. The first kappa shape index (κ1) is 40.8. The van der Waals surface area contributed by atoms with Gasteiger partial charge in [0, 0.05) is 7.11 Å². The van der Waals surface area contributed by atoms with E-state index in [0.29, 0.717) is 152 Å². The van der Waals surface area contributed by atoms with Crippen LogP contribution >= 0.6 is 0 Å². The molecule has 0 fully saturated rings. The zero-order valence-electron chi connectivity index (χ0n) is 27.4. The molecule has 0 saturated carbocycles. The van der Waals surface area contributed by atoms with Crippen molar-refractivity contribution >= 4 is 0 Å². The molecule has 12 heteroatoms. The van der Waals surface area contributed by atoms with Gasteiger partial charge in [0.2, 0.25) is 0 Å². The summed E-state index contributed by atoms with van der Waals surface area (Å²) in [6.07, 6.45) is 0. The number of ether oxygens (including phenoxy) is 12. The molecule has 0 aliphatic carbocycles. The third-order valence-corrected chi connectivity index (χ3v) is 5.91.